The van der Waals surface area contributed by atoms with Gasteiger partial charge in [-0.1, -0.05) is 0 Å². The number of hydrogen-bond acceptors (Lipinski definition) is 4. The molecule has 3 atom stereocenters. The summed E-state index contributed by atoms with van der Waals surface area (Å²) >= 11 is 0. The van der Waals surface area contributed by atoms with E-state index in [2.05, 4.69) is 4.72 Å². The molecular weight excluding hydrogens is 309 g/mol. The van der Waals surface area contributed by atoms with E-state index in [1.807, 2.05) is 0 Å². The van der Waals surface area contributed by atoms with Gasteiger partial charge in [0.05, 0.1) is 30.3 Å². The highest BCUT2D eigenvalue weighted by Crippen LogP contribution is 2.28. The smallest absolute Gasteiger partial charge is 0.241 e. The third kappa shape index (κ3) is 3.32. The second kappa shape index (κ2) is 6.23. The van der Waals surface area contributed by atoms with Crippen molar-refractivity contribution >= 4 is 10.0 Å². The maximum absolute atomic E-state index is 13.1. The molecule has 0 aromatic heterocycles. The van der Waals surface area contributed by atoms with Crippen molar-refractivity contribution in [3.05, 3.63) is 29.6 Å². The highest BCUT2D eigenvalue weighted by molar-refractivity contribution is 7.89. The predicted octanol–water partition coefficient (Wildman–Crippen LogP) is 1.75. The molecule has 1 aromatic rings. The first kappa shape index (κ1) is 15.9. The van der Waals surface area contributed by atoms with Crippen LogP contribution in [0.5, 0.6) is 0 Å². The van der Waals surface area contributed by atoms with Gasteiger partial charge in [-0.05, 0) is 49.9 Å². The Balaban J connectivity index is 1.71. The van der Waals surface area contributed by atoms with E-state index >= 15 is 0 Å². The summed E-state index contributed by atoms with van der Waals surface area (Å²) in [4.78, 5) is 0.122. The number of benzene rings is 1. The number of rotatable bonds is 3. The van der Waals surface area contributed by atoms with Crippen molar-refractivity contribution in [1.29, 1.82) is 0 Å². The van der Waals surface area contributed by atoms with Crippen molar-refractivity contribution in [2.45, 2.75) is 49.3 Å². The van der Waals surface area contributed by atoms with Gasteiger partial charge in [-0.2, -0.15) is 0 Å². The van der Waals surface area contributed by atoms with Gasteiger partial charge in [0.1, 0.15) is 5.82 Å². The van der Waals surface area contributed by atoms with E-state index in [0.29, 0.717) is 31.6 Å². The average molecular weight is 329 g/mol. The van der Waals surface area contributed by atoms with Gasteiger partial charge < -0.3 is 9.47 Å². The zero-order valence-electron chi connectivity index (χ0n) is 12.4. The second-order valence-electron chi connectivity index (χ2n) is 5.86. The molecule has 5 nitrogen and oxygen atoms in total. The number of sulfonamides is 1. The Morgan fingerprint density at radius 3 is 2.64 bits per heavy atom. The first-order chi connectivity index (χ1) is 10.5. The van der Waals surface area contributed by atoms with E-state index in [0.717, 1.165) is 12.5 Å². The summed E-state index contributed by atoms with van der Waals surface area (Å²) < 4.78 is 52.1. The molecule has 1 aliphatic carbocycles. The number of halogens is 1. The van der Waals surface area contributed by atoms with Crippen molar-refractivity contribution in [3.8, 4) is 0 Å². The van der Waals surface area contributed by atoms with Crippen molar-refractivity contribution in [3.63, 3.8) is 0 Å². The van der Waals surface area contributed by atoms with Gasteiger partial charge in [-0.3, -0.25) is 0 Å². The summed E-state index contributed by atoms with van der Waals surface area (Å²) in [6, 6.07) is 3.51. The Labute approximate surface area is 129 Å². The number of hydrogen-bond donors (Lipinski definition) is 1. The maximum atomic E-state index is 13.1. The van der Waals surface area contributed by atoms with E-state index < -0.39 is 15.8 Å². The zero-order valence-corrected chi connectivity index (χ0v) is 13.2. The summed E-state index contributed by atoms with van der Waals surface area (Å²) in [5.41, 5.74) is 0.401. The molecule has 0 radical (unpaired) electrons. The lowest BCUT2D eigenvalue weighted by Crippen LogP contribution is -2.49. The average Bonchev–Trinajstić information content (AvgIpc) is 2.46. The van der Waals surface area contributed by atoms with Crippen LogP contribution < -0.4 is 4.72 Å². The fourth-order valence-corrected chi connectivity index (χ4v) is 4.68. The van der Waals surface area contributed by atoms with Crippen LogP contribution in [0.15, 0.2) is 23.1 Å². The maximum Gasteiger partial charge on any atom is 0.241 e. The van der Waals surface area contributed by atoms with Gasteiger partial charge in [-0.25, -0.2) is 17.5 Å². The van der Waals surface area contributed by atoms with Crippen molar-refractivity contribution in [2.24, 2.45) is 0 Å². The topological polar surface area (TPSA) is 64.6 Å². The minimum Gasteiger partial charge on any atom is -0.373 e. The number of ether oxygens (including phenoxy) is 2. The molecule has 3 rings (SSSR count). The summed E-state index contributed by atoms with van der Waals surface area (Å²) in [6.07, 6.45) is 2.11. The number of nitrogens with one attached hydrogen (secondary N) is 1. The van der Waals surface area contributed by atoms with Crippen LogP contribution in [-0.4, -0.2) is 39.9 Å². The van der Waals surface area contributed by atoms with Crippen molar-refractivity contribution < 1.29 is 22.3 Å². The SMILES string of the molecule is Cc1cc(F)ccc1S(=O)(=O)N[C@@H]1CC[C@H]2OCCO[C@@H]2C1. The summed E-state index contributed by atoms with van der Waals surface area (Å²) in [5.74, 6) is -0.440. The minimum absolute atomic E-state index is 0.0514. The van der Waals surface area contributed by atoms with E-state index in [9.17, 15) is 12.8 Å². The van der Waals surface area contributed by atoms with E-state index in [4.69, 9.17) is 9.47 Å². The summed E-state index contributed by atoms with van der Waals surface area (Å²) in [6.45, 7) is 2.75. The lowest BCUT2D eigenvalue weighted by molar-refractivity contribution is -0.156. The molecule has 1 aliphatic heterocycles. The lowest BCUT2D eigenvalue weighted by Gasteiger charge is -2.38. The number of aryl methyl sites for hydroxylation is 1. The van der Waals surface area contributed by atoms with Gasteiger partial charge in [0.25, 0.3) is 0 Å². The van der Waals surface area contributed by atoms with Crippen LogP contribution in [-0.2, 0) is 19.5 Å². The largest absolute Gasteiger partial charge is 0.373 e. The first-order valence-electron chi connectivity index (χ1n) is 7.47. The molecule has 7 heteroatoms. The van der Waals surface area contributed by atoms with Gasteiger partial charge >= 0.3 is 0 Å². The molecule has 0 spiro atoms. The Kier molecular flexibility index (Phi) is 4.49. The Hall–Kier alpha value is -1.02. The fraction of sp³-hybridized carbons (Fsp3) is 0.600. The molecule has 0 unspecified atom stereocenters. The van der Waals surface area contributed by atoms with E-state index in [1.165, 1.54) is 12.1 Å². The molecule has 1 N–H and O–H groups in total. The van der Waals surface area contributed by atoms with Crippen LogP contribution in [0.3, 0.4) is 0 Å². The standard InChI is InChI=1S/C15H20FNO4S/c1-10-8-11(16)2-5-15(10)22(18,19)17-12-3-4-13-14(9-12)21-7-6-20-13/h2,5,8,12-14,17H,3-4,6-7,9H2,1H3/t12-,13-,14-/m1/s1. The van der Waals surface area contributed by atoms with E-state index in [-0.39, 0.29) is 23.1 Å². The van der Waals surface area contributed by atoms with Gasteiger partial charge in [-0.15, -0.1) is 0 Å². The third-order valence-electron chi connectivity index (χ3n) is 4.23. The molecule has 122 valence electrons. The summed E-state index contributed by atoms with van der Waals surface area (Å²) in [7, 11) is -3.66. The predicted molar refractivity (Wildman–Crippen MR) is 78.6 cm³/mol. The van der Waals surface area contributed by atoms with Crippen molar-refractivity contribution in [1.82, 2.24) is 4.72 Å². The lowest BCUT2D eigenvalue weighted by atomic mass is 9.90. The van der Waals surface area contributed by atoms with Gasteiger partial charge in [0.2, 0.25) is 10.0 Å². The molecule has 1 aromatic carbocycles. The van der Waals surface area contributed by atoms with Crippen LogP contribution in [0.25, 0.3) is 0 Å². The summed E-state index contributed by atoms with van der Waals surface area (Å²) in [5, 5.41) is 0. The van der Waals surface area contributed by atoms with Crippen molar-refractivity contribution in [2.75, 3.05) is 13.2 Å². The molecule has 1 saturated heterocycles. The van der Waals surface area contributed by atoms with Crippen LogP contribution >= 0.6 is 0 Å². The quantitative estimate of drug-likeness (QED) is 0.917. The Morgan fingerprint density at radius 1 is 1.18 bits per heavy atom. The van der Waals surface area contributed by atoms with Crippen LogP contribution in [0.4, 0.5) is 4.39 Å². The van der Waals surface area contributed by atoms with Gasteiger partial charge in [0.15, 0.2) is 0 Å². The highest BCUT2D eigenvalue weighted by Gasteiger charge is 2.36. The van der Waals surface area contributed by atoms with Crippen LogP contribution in [0, 0.1) is 12.7 Å². The minimum atomic E-state index is -3.66. The first-order valence-corrected chi connectivity index (χ1v) is 8.96. The number of fused-ring (bicyclic) bond motifs is 1. The van der Waals surface area contributed by atoms with E-state index in [1.54, 1.807) is 6.92 Å². The Bertz CT molecular complexity index is 649. The third-order valence-corrected chi connectivity index (χ3v) is 5.91. The fourth-order valence-electron chi connectivity index (χ4n) is 3.17. The molecule has 1 heterocycles. The Morgan fingerprint density at radius 2 is 1.91 bits per heavy atom. The molecule has 0 amide bonds. The zero-order chi connectivity index (χ0) is 15.7. The normalized spacial score (nSPS) is 29.1. The van der Waals surface area contributed by atoms with Crippen LogP contribution in [0.1, 0.15) is 24.8 Å². The van der Waals surface area contributed by atoms with Gasteiger partial charge in [0, 0.05) is 6.04 Å². The molecule has 2 fully saturated rings. The van der Waals surface area contributed by atoms with Crippen LogP contribution in [0.2, 0.25) is 0 Å². The molecule has 1 saturated carbocycles. The highest BCUT2D eigenvalue weighted by atomic mass is 32.2. The second-order valence-corrected chi connectivity index (χ2v) is 7.54. The molecule has 0 bridgehead atoms. The molecule has 22 heavy (non-hydrogen) atoms. The molecular formula is C15H20FNO4S. The molecule has 2 aliphatic rings. The monoisotopic (exact) mass is 329 g/mol.